The molecule has 3 rings (SSSR count). The number of hydrogen-bond acceptors (Lipinski definition) is 3. The average Bonchev–Trinajstić information content (AvgIpc) is 2.73. The molecule has 0 aliphatic carbocycles. The number of Topliss-reactive ketones (excluding diaryl/α,β-unsaturated/α-hetero) is 1. The van der Waals surface area contributed by atoms with Gasteiger partial charge in [0, 0.05) is 24.4 Å². The monoisotopic (exact) mass is 432 g/mol. The predicted molar refractivity (Wildman–Crippen MR) is 104 cm³/mol. The number of aromatic nitrogens is 1. The van der Waals surface area contributed by atoms with E-state index in [9.17, 15) is 31.9 Å². The largest absolute Gasteiger partial charge is 0.416 e. The van der Waals surface area contributed by atoms with Crippen LogP contribution in [-0.2, 0) is 19.3 Å². The van der Waals surface area contributed by atoms with Gasteiger partial charge in [-0.1, -0.05) is 24.3 Å². The van der Waals surface area contributed by atoms with Gasteiger partial charge >= 0.3 is 6.18 Å². The number of carbonyl (C=O) groups excluding carboxylic acids is 2. The highest BCUT2D eigenvalue weighted by molar-refractivity contribution is 5.96. The molecule has 0 aliphatic rings. The Morgan fingerprint density at radius 2 is 1.61 bits per heavy atom. The Hall–Kier alpha value is -3.75. The number of amides is 1. The number of nitrogens with one attached hydrogen (secondary N) is 1. The number of nitrogens with zero attached hydrogens (tertiary/aromatic N) is 1. The minimum atomic E-state index is -4.52. The summed E-state index contributed by atoms with van der Waals surface area (Å²) in [7, 11) is 0. The van der Waals surface area contributed by atoms with Crippen LogP contribution in [0.1, 0.15) is 31.8 Å². The number of benzene rings is 2. The zero-order valence-corrected chi connectivity index (χ0v) is 15.9. The Bertz CT molecular complexity index is 1170. The average molecular weight is 432 g/mol. The van der Waals surface area contributed by atoms with Gasteiger partial charge in [-0.05, 0) is 35.9 Å². The van der Waals surface area contributed by atoms with E-state index in [1.807, 2.05) is 0 Å². The maximum Gasteiger partial charge on any atom is 0.416 e. The first kappa shape index (κ1) is 21.9. The Kier molecular flexibility index (Phi) is 6.33. The number of hydrogen-bond donors (Lipinski definition) is 1. The molecule has 3 aromatic rings. The van der Waals surface area contributed by atoms with Crippen LogP contribution in [0.3, 0.4) is 0 Å². The van der Waals surface area contributed by atoms with E-state index >= 15 is 0 Å². The standard InChI is InChI=1S/C22H16F4N2O3/c23-18-3-1-2-14(10-18)11-27-21(31)16-6-9-20(30)28(12-16)13-19(29)15-4-7-17(8-5-15)22(24,25)26/h1-10,12H,11,13H2,(H,27,31). The third-order valence-electron chi connectivity index (χ3n) is 4.44. The molecule has 2 aromatic carbocycles. The molecular weight excluding hydrogens is 416 g/mol. The van der Waals surface area contributed by atoms with Crippen molar-refractivity contribution in [2.24, 2.45) is 0 Å². The van der Waals surface area contributed by atoms with E-state index in [0.29, 0.717) is 5.56 Å². The lowest BCUT2D eigenvalue weighted by molar-refractivity contribution is -0.137. The smallest absolute Gasteiger partial charge is 0.348 e. The molecule has 0 saturated heterocycles. The van der Waals surface area contributed by atoms with Crippen LogP contribution in [0.25, 0.3) is 0 Å². The van der Waals surface area contributed by atoms with E-state index in [4.69, 9.17) is 0 Å². The lowest BCUT2D eigenvalue weighted by Crippen LogP contribution is -2.28. The lowest BCUT2D eigenvalue weighted by Gasteiger charge is -2.10. The number of alkyl halides is 3. The Morgan fingerprint density at radius 3 is 2.26 bits per heavy atom. The van der Waals surface area contributed by atoms with Gasteiger partial charge in [-0.3, -0.25) is 14.4 Å². The van der Waals surface area contributed by atoms with Crippen molar-refractivity contribution < 1.29 is 27.2 Å². The summed E-state index contributed by atoms with van der Waals surface area (Å²) in [5, 5.41) is 2.58. The molecule has 0 aliphatic heterocycles. The molecule has 1 heterocycles. The lowest BCUT2D eigenvalue weighted by atomic mass is 10.1. The molecule has 0 atom stereocenters. The van der Waals surface area contributed by atoms with Crippen molar-refractivity contribution in [3.63, 3.8) is 0 Å². The molecule has 0 fully saturated rings. The number of ketones is 1. The number of pyridine rings is 1. The van der Waals surface area contributed by atoms with Gasteiger partial charge in [0.15, 0.2) is 5.78 Å². The number of halogens is 4. The first-order valence-electron chi connectivity index (χ1n) is 9.07. The van der Waals surface area contributed by atoms with E-state index in [2.05, 4.69) is 5.32 Å². The summed E-state index contributed by atoms with van der Waals surface area (Å²) in [5.74, 6) is -1.57. The fourth-order valence-electron chi connectivity index (χ4n) is 2.81. The van der Waals surface area contributed by atoms with E-state index in [1.54, 1.807) is 6.07 Å². The highest BCUT2D eigenvalue weighted by atomic mass is 19.4. The highest BCUT2D eigenvalue weighted by Gasteiger charge is 2.30. The van der Waals surface area contributed by atoms with Crippen molar-refractivity contribution in [3.8, 4) is 0 Å². The molecular formula is C22H16F4N2O3. The van der Waals surface area contributed by atoms with Crippen LogP contribution in [0.2, 0.25) is 0 Å². The zero-order chi connectivity index (χ0) is 22.6. The van der Waals surface area contributed by atoms with Crippen LogP contribution < -0.4 is 10.9 Å². The van der Waals surface area contributed by atoms with Gasteiger partial charge in [0.25, 0.3) is 11.5 Å². The second kappa shape index (κ2) is 8.95. The number of carbonyl (C=O) groups is 2. The van der Waals surface area contributed by atoms with Crippen molar-refractivity contribution in [2.45, 2.75) is 19.3 Å². The van der Waals surface area contributed by atoms with Gasteiger partial charge in [0.2, 0.25) is 0 Å². The maximum atomic E-state index is 13.2. The molecule has 1 amide bonds. The molecule has 0 saturated carbocycles. The van der Waals surface area contributed by atoms with Crippen LogP contribution in [0.5, 0.6) is 0 Å². The second-order valence-electron chi connectivity index (χ2n) is 6.69. The van der Waals surface area contributed by atoms with Crippen LogP contribution in [0.15, 0.2) is 71.7 Å². The zero-order valence-electron chi connectivity index (χ0n) is 15.9. The fraction of sp³-hybridized carbons (Fsp3) is 0.136. The van der Waals surface area contributed by atoms with Gasteiger partial charge in [-0.15, -0.1) is 0 Å². The maximum absolute atomic E-state index is 13.2. The number of rotatable bonds is 6. The van der Waals surface area contributed by atoms with Gasteiger partial charge in [0.1, 0.15) is 5.82 Å². The summed E-state index contributed by atoms with van der Waals surface area (Å²) in [6.45, 7) is -0.393. The minimum absolute atomic E-state index is 0.000795. The molecule has 0 radical (unpaired) electrons. The molecule has 0 unspecified atom stereocenters. The van der Waals surface area contributed by atoms with Crippen molar-refractivity contribution >= 4 is 11.7 Å². The van der Waals surface area contributed by atoms with Gasteiger partial charge in [-0.25, -0.2) is 4.39 Å². The van der Waals surface area contributed by atoms with Crippen molar-refractivity contribution in [1.29, 1.82) is 0 Å². The Morgan fingerprint density at radius 1 is 0.935 bits per heavy atom. The van der Waals surface area contributed by atoms with E-state index < -0.39 is 41.4 Å². The first-order chi connectivity index (χ1) is 14.6. The van der Waals surface area contributed by atoms with Crippen LogP contribution in [0.4, 0.5) is 17.6 Å². The summed E-state index contributed by atoms with van der Waals surface area (Å²) in [6.07, 6.45) is -3.34. The van der Waals surface area contributed by atoms with Gasteiger partial charge in [-0.2, -0.15) is 13.2 Å². The summed E-state index contributed by atoms with van der Waals surface area (Å²) in [5.41, 5.74) is -0.809. The SMILES string of the molecule is O=C(Cn1cc(C(=O)NCc2cccc(F)c2)ccc1=O)c1ccc(C(F)(F)F)cc1. The van der Waals surface area contributed by atoms with E-state index in [0.717, 1.165) is 34.9 Å². The van der Waals surface area contributed by atoms with Crippen LogP contribution in [-0.4, -0.2) is 16.3 Å². The molecule has 9 heteroatoms. The quantitative estimate of drug-likeness (QED) is 0.476. The third-order valence-corrected chi connectivity index (χ3v) is 4.44. The van der Waals surface area contributed by atoms with Crippen molar-refractivity contribution in [3.05, 3.63) is 105 Å². The van der Waals surface area contributed by atoms with Crippen LogP contribution >= 0.6 is 0 Å². The fourth-order valence-corrected chi connectivity index (χ4v) is 2.81. The van der Waals surface area contributed by atoms with E-state index in [1.165, 1.54) is 30.5 Å². The van der Waals surface area contributed by atoms with Crippen LogP contribution in [0, 0.1) is 5.82 Å². The predicted octanol–water partition coefficient (Wildman–Crippen LogP) is 3.82. The van der Waals surface area contributed by atoms with Gasteiger partial charge in [0.05, 0.1) is 17.7 Å². The van der Waals surface area contributed by atoms with Crippen molar-refractivity contribution in [2.75, 3.05) is 0 Å². The molecule has 0 spiro atoms. The summed E-state index contributed by atoms with van der Waals surface area (Å²) >= 11 is 0. The summed E-state index contributed by atoms with van der Waals surface area (Å²) in [6, 6.07) is 11.7. The molecule has 1 N–H and O–H groups in total. The Balaban J connectivity index is 1.71. The van der Waals surface area contributed by atoms with Crippen molar-refractivity contribution in [1.82, 2.24) is 9.88 Å². The second-order valence-corrected chi connectivity index (χ2v) is 6.69. The Labute approximate surface area is 173 Å². The third kappa shape index (κ3) is 5.65. The molecule has 31 heavy (non-hydrogen) atoms. The van der Waals surface area contributed by atoms with Gasteiger partial charge < -0.3 is 9.88 Å². The normalized spacial score (nSPS) is 11.2. The summed E-state index contributed by atoms with van der Waals surface area (Å²) < 4.78 is 52.1. The topological polar surface area (TPSA) is 68.2 Å². The minimum Gasteiger partial charge on any atom is -0.348 e. The summed E-state index contributed by atoms with van der Waals surface area (Å²) in [4.78, 5) is 36.8. The first-order valence-corrected chi connectivity index (χ1v) is 9.07. The molecule has 0 bridgehead atoms. The highest BCUT2D eigenvalue weighted by Crippen LogP contribution is 2.29. The molecule has 160 valence electrons. The molecule has 1 aromatic heterocycles. The molecule has 5 nitrogen and oxygen atoms in total. The van der Waals surface area contributed by atoms with E-state index in [-0.39, 0.29) is 17.7 Å².